The Labute approximate surface area is 158 Å². The number of aromatic nitrogens is 3. The standard InChI is InChI=1S/C21H23FN4O/c1-4-18-19(21(27)24-13-16-9-5-6-11-23-16)20(14(2)3)25-26(18)17-10-7-8-15(22)12-17/h5-12,14H,4,13H2,1-3H3,(H,24,27). The molecule has 0 saturated heterocycles. The highest BCUT2D eigenvalue weighted by Gasteiger charge is 2.25. The lowest BCUT2D eigenvalue weighted by molar-refractivity contribution is 0.0948. The predicted octanol–water partition coefficient (Wildman–Crippen LogP) is 4.02. The van der Waals surface area contributed by atoms with Crippen LogP contribution in [0, 0.1) is 5.82 Å². The lowest BCUT2D eigenvalue weighted by Crippen LogP contribution is -2.25. The fraction of sp³-hybridized carbons (Fsp3) is 0.286. The Morgan fingerprint density at radius 1 is 1.22 bits per heavy atom. The van der Waals surface area contributed by atoms with Crippen molar-refractivity contribution in [2.45, 2.75) is 39.7 Å². The molecule has 0 atom stereocenters. The molecule has 2 aromatic heterocycles. The number of carbonyl (C=O) groups excluding carboxylic acids is 1. The Kier molecular flexibility index (Phi) is 5.64. The van der Waals surface area contributed by atoms with Gasteiger partial charge in [-0.25, -0.2) is 9.07 Å². The second-order valence-electron chi connectivity index (χ2n) is 6.61. The third-order valence-corrected chi connectivity index (χ3v) is 4.33. The van der Waals surface area contributed by atoms with Crippen molar-refractivity contribution in [1.29, 1.82) is 0 Å². The zero-order valence-electron chi connectivity index (χ0n) is 15.7. The number of pyridine rings is 1. The van der Waals surface area contributed by atoms with E-state index in [1.807, 2.05) is 39.0 Å². The van der Waals surface area contributed by atoms with Gasteiger partial charge in [-0.3, -0.25) is 9.78 Å². The molecule has 3 rings (SSSR count). The van der Waals surface area contributed by atoms with E-state index < -0.39 is 0 Å². The fourth-order valence-electron chi connectivity index (χ4n) is 3.03. The second kappa shape index (κ2) is 8.12. The quantitative estimate of drug-likeness (QED) is 0.717. The Hall–Kier alpha value is -3.02. The van der Waals surface area contributed by atoms with Crippen LogP contribution in [0.3, 0.4) is 0 Å². The fourth-order valence-corrected chi connectivity index (χ4v) is 3.03. The summed E-state index contributed by atoms with van der Waals surface area (Å²) in [6.45, 7) is 6.29. The third-order valence-electron chi connectivity index (χ3n) is 4.33. The second-order valence-corrected chi connectivity index (χ2v) is 6.61. The van der Waals surface area contributed by atoms with Crippen LogP contribution in [0.4, 0.5) is 4.39 Å². The van der Waals surface area contributed by atoms with Crippen molar-refractivity contribution in [2.75, 3.05) is 0 Å². The van der Waals surface area contributed by atoms with Crippen LogP contribution in [0.1, 0.15) is 54.1 Å². The Balaban J connectivity index is 1.99. The maximum absolute atomic E-state index is 13.7. The van der Waals surface area contributed by atoms with E-state index in [-0.39, 0.29) is 17.6 Å². The first kappa shape index (κ1) is 18.8. The van der Waals surface area contributed by atoms with Gasteiger partial charge in [0.1, 0.15) is 5.82 Å². The van der Waals surface area contributed by atoms with Crippen molar-refractivity contribution in [3.63, 3.8) is 0 Å². The summed E-state index contributed by atoms with van der Waals surface area (Å²) >= 11 is 0. The van der Waals surface area contributed by atoms with Gasteiger partial charge in [0.05, 0.1) is 34.9 Å². The average molecular weight is 366 g/mol. The van der Waals surface area contributed by atoms with Crippen molar-refractivity contribution in [1.82, 2.24) is 20.1 Å². The molecular formula is C21H23FN4O. The van der Waals surface area contributed by atoms with Gasteiger partial charge < -0.3 is 5.32 Å². The summed E-state index contributed by atoms with van der Waals surface area (Å²) in [5.41, 5.74) is 3.43. The maximum Gasteiger partial charge on any atom is 0.255 e. The molecule has 0 unspecified atom stereocenters. The molecule has 0 aliphatic heterocycles. The number of rotatable bonds is 6. The minimum Gasteiger partial charge on any atom is -0.346 e. The van der Waals surface area contributed by atoms with Crippen molar-refractivity contribution >= 4 is 5.91 Å². The molecule has 2 heterocycles. The van der Waals surface area contributed by atoms with Crippen molar-refractivity contribution in [3.8, 4) is 5.69 Å². The van der Waals surface area contributed by atoms with E-state index in [9.17, 15) is 9.18 Å². The molecule has 3 aromatic rings. The maximum atomic E-state index is 13.7. The zero-order valence-corrected chi connectivity index (χ0v) is 15.7. The summed E-state index contributed by atoms with van der Waals surface area (Å²) < 4.78 is 15.4. The number of hydrogen-bond acceptors (Lipinski definition) is 3. The number of benzene rings is 1. The van der Waals surface area contributed by atoms with Crippen LogP contribution < -0.4 is 5.32 Å². The third kappa shape index (κ3) is 4.05. The van der Waals surface area contributed by atoms with Gasteiger partial charge in [0.25, 0.3) is 5.91 Å². The zero-order chi connectivity index (χ0) is 19.4. The molecule has 1 N–H and O–H groups in total. The van der Waals surface area contributed by atoms with E-state index >= 15 is 0 Å². The molecule has 0 aliphatic rings. The van der Waals surface area contributed by atoms with E-state index in [1.54, 1.807) is 23.0 Å². The van der Waals surface area contributed by atoms with Gasteiger partial charge in [-0.2, -0.15) is 5.10 Å². The van der Waals surface area contributed by atoms with Crippen LogP contribution >= 0.6 is 0 Å². The number of halogens is 1. The molecule has 140 valence electrons. The lowest BCUT2D eigenvalue weighted by atomic mass is 10.0. The van der Waals surface area contributed by atoms with Crippen molar-refractivity contribution in [2.24, 2.45) is 0 Å². The van der Waals surface area contributed by atoms with Gasteiger partial charge in [-0.15, -0.1) is 0 Å². The number of amides is 1. The molecule has 0 radical (unpaired) electrons. The molecule has 1 aromatic carbocycles. The van der Waals surface area contributed by atoms with Gasteiger partial charge in [0.15, 0.2) is 0 Å². The highest BCUT2D eigenvalue weighted by Crippen LogP contribution is 2.25. The van der Waals surface area contributed by atoms with Crippen LogP contribution in [0.25, 0.3) is 5.69 Å². The SMILES string of the molecule is CCc1c(C(=O)NCc2ccccn2)c(C(C)C)nn1-c1cccc(F)c1. The van der Waals surface area contributed by atoms with Crippen molar-refractivity contribution < 1.29 is 9.18 Å². The summed E-state index contributed by atoms with van der Waals surface area (Å²) in [7, 11) is 0. The highest BCUT2D eigenvalue weighted by atomic mass is 19.1. The van der Waals surface area contributed by atoms with E-state index in [0.29, 0.717) is 29.9 Å². The van der Waals surface area contributed by atoms with Crippen LogP contribution in [0.5, 0.6) is 0 Å². The van der Waals surface area contributed by atoms with E-state index in [2.05, 4.69) is 15.4 Å². The minimum absolute atomic E-state index is 0.0562. The smallest absolute Gasteiger partial charge is 0.255 e. The summed E-state index contributed by atoms with van der Waals surface area (Å²) in [6, 6.07) is 11.8. The Morgan fingerprint density at radius 3 is 2.67 bits per heavy atom. The Morgan fingerprint density at radius 2 is 2.04 bits per heavy atom. The van der Waals surface area contributed by atoms with Crippen LogP contribution in [0.15, 0.2) is 48.7 Å². The van der Waals surface area contributed by atoms with Crippen molar-refractivity contribution in [3.05, 3.63) is 77.1 Å². The van der Waals surface area contributed by atoms with Crippen LogP contribution in [-0.2, 0) is 13.0 Å². The molecule has 0 spiro atoms. The van der Waals surface area contributed by atoms with Gasteiger partial charge >= 0.3 is 0 Å². The summed E-state index contributed by atoms with van der Waals surface area (Å²) in [6.07, 6.45) is 2.29. The summed E-state index contributed by atoms with van der Waals surface area (Å²) in [5.74, 6) is -0.470. The lowest BCUT2D eigenvalue weighted by Gasteiger charge is -2.09. The predicted molar refractivity (Wildman–Crippen MR) is 102 cm³/mol. The van der Waals surface area contributed by atoms with Crippen LogP contribution in [0.2, 0.25) is 0 Å². The minimum atomic E-state index is -0.336. The average Bonchev–Trinajstić information content (AvgIpc) is 3.07. The molecular weight excluding hydrogens is 343 g/mol. The molecule has 0 aliphatic carbocycles. The van der Waals surface area contributed by atoms with E-state index in [4.69, 9.17) is 0 Å². The first-order chi connectivity index (χ1) is 13.0. The van der Waals surface area contributed by atoms with Gasteiger partial charge in [0, 0.05) is 6.20 Å². The first-order valence-corrected chi connectivity index (χ1v) is 9.07. The van der Waals surface area contributed by atoms with Gasteiger partial charge in [-0.1, -0.05) is 32.9 Å². The Bertz CT molecular complexity index is 935. The molecule has 6 heteroatoms. The normalized spacial score (nSPS) is 11.0. The highest BCUT2D eigenvalue weighted by molar-refractivity contribution is 5.96. The molecule has 0 bridgehead atoms. The van der Waals surface area contributed by atoms with Gasteiger partial charge in [0.2, 0.25) is 0 Å². The number of nitrogens with one attached hydrogen (secondary N) is 1. The molecule has 0 saturated carbocycles. The van der Waals surface area contributed by atoms with E-state index in [1.165, 1.54) is 12.1 Å². The first-order valence-electron chi connectivity index (χ1n) is 9.07. The number of carbonyl (C=O) groups is 1. The van der Waals surface area contributed by atoms with Crippen LogP contribution in [-0.4, -0.2) is 20.7 Å². The number of hydrogen-bond donors (Lipinski definition) is 1. The van der Waals surface area contributed by atoms with Gasteiger partial charge in [-0.05, 0) is 42.7 Å². The molecule has 1 amide bonds. The topological polar surface area (TPSA) is 59.8 Å². The largest absolute Gasteiger partial charge is 0.346 e. The summed E-state index contributed by atoms with van der Waals surface area (Å²) in [5, 5.41) is 7.57. The summed E-state index contributed by atoms with van der Waals surface area (Å²) in [4.78, 5) is 17.2. The number of nitrogens with zero attached hydrogens (tertiary/aromatic N) is 3. The molecule has 5 nitrogen and oxygen atoms in total. The molecule has 0 fully saturated rings. The molecule has 27 heavy (non-hydrogen) atoms. The van der Waals surface area contributed by atoms with E-state index in [0.717, 1.165) is 11.4 Å². The monoisotopic (exact) mass is 366 g/mol.